The maximum Gasteiger partial charge on any atom is 0.407 e. The minimum atomic E-state index is -0.367. The van der Waals surface area contributed by atoms with Crippen molar-refractivity contribution in [2.45, 2.75) is 6.04 Å². The first-order valence-corrected chi connectivity index (χ1v) is 3.99. The molecule has 1 amide bonds. The first-order valence-electron chi connectivity index (χ1n) is 3.99. The van der Waals surface area contributed by atoms with Gasteiger partial charge in [0.1, 0.15) is 12.4 Å². The Labute approximate surface area is 75.2 Å². The summed E-state index contributed by atoms with van der Waals surface area (Å²) in [5.41, 5.74) is 0. The van der Waals surface area contributed by atoms with E-state index in [2.05, 4.69) is 5.32 Å². The van der Waals surface area contributed by atoms with E-state index in [-0.39, 0.29) is 12.1 Å². The van der Waals surface area contributed by atoms with Crippen LogP contribution in [0.5, 0.6) is 0 Å². The lowest BCUT2D eigenvalue weighted by Crippen LogP contribution is -2.23. The molecular formula is C9H9NO3. The number of hydrogen-bond donors (Lipinski definition) is 1. The molecule has 1 aliphatic rings. The molecule has 4 heteroatoms. The highest BCUT2D eigenvalue weighted by atomic mass is 16.6. The number of furan rings is 1. The van der Waals surface area contributed by atoms with E-state index in [0.29, 0.717) is 6.61 Å². The molecule has 68 valence electrons. The summed E-state index contributed by atoms with van der Waals surface area (Å²) in [7, 11) is 0. The molecule has 1 unspecified atom stereocenters. The highest BCUT2D eigenvalue weighted by Gasteiger charge is 2.18. The van der Waals surface area contributed by atoms with Crippen molar-refractivity contribution in [3.63, 3.8) is 0 Å². The molecule has 4 nitrogen and oxygen atoms in total. The van der Waals surface area contributed by atoms with Gasteiger partial charge in [0, 0.05) is 0 Å². The zero-order chi connectivity index (χ0) is 9.10. The van der Waals surface area contributed by atoms with E-state index in [1.54, 1.807) is 12.3 Å². The number of ether oxygens (including phenoxy) is 1. The van der Waals surface area contributed by atoms with Gasteiger partial charge in [0.05, 0.1) is 12.3 Å². The Bertz CT molecular complexity index is 316. The molecule has 1 atom stereocenters. The predicted molar refractivity (Wildman–Crippen MR) is 46.0 cm³/mol. The molecule has 1 saturated heterocycles. The third kappa shape index (κ3) is 1.90. The molecular weight excluding hydrogens is 170 g/mol. The van der Waals surface area contributed by atoms with Crippen molar-refractivity contribution in [3.8, 4) is 0 Å². The van der Waals surface area contributed by atoms with Crippen LogP contribution in [-0.4, -0.2) is 18.7 Å². The van der Waals surface area contributed by atoms with Gasteiger partial charge >= 0.3 is 6.09 Å². The lowest BCUT2D eigenvalue weighted by atomic mass is 10.3. The molecule has 1 fully saturated rings. The zero-order valence-corrected chi connectivity index (χ0v) is 6.90. The number of nitrogens with one attached hydrogen (secondary N) is 1. The van der Waals surface area contributed by atoms with Gasteiger partial charge in [-0.15, -0.1) is 0 Å². The predicted octanol–water partition coefficient (Wildman–Crippen LogP) is 1.40. The standard InChI is InChI=1S/C9H9NO3/c11-9-10-7(6-13-9)3-4-8-2-1-5-12-8/h1-5,7H,6H2,(H,10,11). The van der Waals surface area contributed by atoms with Crippen molar-refractivity contribution in [2.75, 3.05) is 6.61 Å². The molecule has 2 heterocycles. The highest BCUT2D eigenvalue weighted by molar-refractivity contribution is 5.70. The zero-order valence-electron chi connectivity index (χ0n) is 6.90. The first kappa shape index (κ1) is 7.91. The Morgan fingerprint density at radius 1 is 1.62 bits per heavy atom. The van der Waals surface area contributed by atoms with E-state index in [0.717, 1.165) is 5.76 Å². The minimum Gasteiger partial charge on any atom is -0.465 e. The Kier molecular flexibility index (Phi) is 2.04. The molecule has 13 heavy (non-hydrogen) atoms. The topological polar surface area (TPSA) is 51.5 Å². The minimum absolute atomic E-state index is 0.0439. The molecule has 1 aromatic heterocycles. The fourth-order valence-corrected chi connectivity index (χ4v) is 1.10. The lowest BCUT2D eigenvalue weighted by Gasteiger charge is -1.96. The van der Waals surface area contributed by atoms with E-state index >= 15 is 0 Å². The summed E-state index contributed by atoms with van der Waals surface area (Å²) in [5.74, 6) is 0.765. The maximum atomic E-state index is 10.6. The number of rotatable bonds is 2. The molecule has 0 spiro atoms. The van der Waals surface area contributed by atoms with Crippen LogP contribution in [0.15, 0.2) is 28.9 Å². The van der Waals surface area contributed by atoms with Gasteiger partial charge in [-0.3, -0.25) is 0 Å². The average Bonchev–Trinajstić information content (AvgIpc) is 2.71. The quantitative estimate of drug-likeness (QED) is 0.746. The van der Waals surface area contributed by atoms with Crippen LogP contribution in [0.1, 0.15) is 5.76 Å². The van der Waals surface area contributed by atoms with Gasteiger partial charge in [0.25, 0.3) is 0 Å². The fourth-order valence-electron chi connectivity index (χ4n) is 1.10. The van der Waals surface area contributed by atoms with Crippen LogP contribution in [0.3, 0.4) is 0 Å². The van der Waals surface area contributed by atoms with Gasteiger partial charge in [-0.1, -0.05) is 6.08 Å². The monoisotopic (exact) mass is 179 g/mol. The second-order valence-electron chi connectivity index (χ2n) is 2.72. The first-order chi connectivity index (χ1) is 6.34. The average molecular weight is 179 g/mol. The molecule has 0 radical (unpaired) electrons. The second kappa shape index (κ2) is 3.35. The van der Waals surface area contributed by atoms with E-state index in [4.69, 9.17) is 9.15 Å². The number of cyclic esters (lactones) is 1. The van der Waals surface area contributed by atoms with Crippen LogP contribution in [0.4, 0.5) is 4.79 Å². The number of hydrogen-bond acceptors (Lipinski definition) is 3. The van der Waals surface area contributed by atoms with Crippen LogP contribution in [-0.2, 0) is 4.74 Å². The SMILES string of the molecule is O=C1NC(C=Cc2ccco2)CO1. The van der Waals surface area contributed by atoms with Crippen molar-refractivity contribution >= 4 is 12.2 Å². The van der Waals surface area contributed by atoms with Crippen LogP contribution < -0.4 is 5.32 Å². The Morgan fingerprint density at radius 3 is 3.15 bits per heavy atom. The second-order valence-corrected chi connectivity index (χ2v) is 2.72. The summed E-state index contributed by atoms with van der Waals surface area (Å²) in [6.07, 6.45) is 4.88. The summed E-state index contributed by atoms with van der Waals surface area (Å²) >= 11 is 0. The van der Waals surface area contributed by atoms with E-state index in [1.165, 1.54) is 0 Å². The van der Waals surface area contributed by atoms with Gasteiger partial charge in [-0.2, -0.15) is 0 Å². The third-order valence-corrected chi connectivity index (χ3v) is 1.73. The number of alkyl carbamates (subject to hydrolysis) is 1. The van der Waals surface area contributed by atoms with Crippen molar-refractivity contribution < 1.29 is 13.9 Å². The van der Waals surface area contributed by atoms with Gasteiger partial charge in [0.2, 0.25) is 0 Å². The van der Waals surface area contributed by atoms with Gasteiger partial charge < -0.3 is 14.5 Å². The number of amides is 1. The Balaban J connectivity index is 1.94. The summed E-state index contributed by atoms with van der Waals surface area (Å²) < 4.78 is 9.78. The molecule has 1 aromatic rings. The van der Waals surface area contributed by atoms with Crippen molar-refractivity contribution in [2.24, 2.45) is 0 Å². The molecule has 0 aliphatic carbocycles. The summed E-state index contributed by atoms with van der Waals surface area (Å²) in [5, 5.41) is 2.63. The molecule has 1 aliphatic heterocycles. The van der Waals surface area contributed by atoms with Crippen LogP contribution in [0.2, 0.25) is 0 Å². The Hall–Kier alpha value is -1.71. The molecule has 0 saturated carbocycles. The van der Waals surface area contributed by atoms with Gasteiger partial charge in [-0.25, -0.2) is 4.79 Å². The molecule has 0 bridgehead atoms. The van der Waals surface area contributed by atoms with Crippen molar-refractivity contribution in [1.29, 1.82) is 0 Å². The molecule has 0 aromatic carbocycles. The highest BCUT2D eigenvalue weighted by Crippen LogP contribution is 2.05. The lowest BCUT2D eigenvalue weighted by molar-refractivity contribution is 0.177. The number of carbonyl (C=O) groups excluding carboxylic acids is 1. The summed E-state index contributed by atoms with van der Waals surface area (Å²) in [6, 6.07) is 3.61. The summed E-state index contributed by atoms with van der Waals surface area (Å²) in [4.78, 5) is 10.6. The van der Waals surface area contributed by atoms with Gasteiger partial charge in [0.15, 0.2) is 0 Å². The smallest absolute Gasteiger partial charge is 0.407 e. The van der Waals surface area contributed by atoms with Crippen LogP contribution in [0, 0.1) is 0 Å². The maximum absolute atomic E-state index is 10.6. The third-order valence-electron chi connectivity index (χ3n) is 1.73. The van der Waals surface area contributed by atoms with Crippen molar-refractivity contribution in [1.82, 2.24) is 5.32 Å². The summed E-state index contributed by atoms with van der Waals surface area (Å²) in [6.45, 7) is 0.385. The van der Waals surface area contributed by atoms with Crippen molar-refractivity contribution in [3.05, 3.63) is 30.2 Å². The Morgan fingerprint density at radius 2 is 2.54 bits per heavy atom. The van der Waals surface area contributed by atoms with Crippen LogP contribution in [0.25, 0.3) is 6.08 Å². The van der Waals surface area contributed by atoms with Gasteiger partial charge in [-0.05, 0) is 18.2 Å². The van der Waals surface area contributed by atoms with E-state index in [1.807, 2.05) is 18.2 Å². The molecule has 2 rings (SSSR count). The van der Waals surface area contributed by atoms with E-state index in [9.17, 15) is 4.79 Å². The molecule has 1 N–H and O–H groups in total. The normalized spacial score (nSPS) is 21.8. The number of carbonyl (C=O) groups is 1. The van der Waals surface area contributed by atoms with E-state index < -0.39 is 0 Å². The fraction of sp³-hybridized carbons (Fsp3) is 0.222. The largest absolute Gasteiger partial charge is 0.465 e. The van der Waals surface area contributed by atoms with Crippen LogP contribution >= 0.6 is 0 Å².